The van der Waals surface area contributed by atoms with E-state index in [1.54, 1.807) is 6.07 Å². The molecule has 37 heavy (non-hydrogen) atoms. The number of carboxylic acid groups (broad SMARTS) is 1. The van der Waals surface area contributed by atoms with Crippen LogP contribution < -0.4 is 10.1 Å². The number of fused-ring (bicyclic) bond motifs is 1. The quantitative estimate of drug-likeness (QED) is 0.284. The summed E-state index contributed by atoms with van der Waals surface area (Å²) in [7, 11) is -3.38. The Kier molecular flexibility index (Phi) is 7.04. The van der Waals surface area contributed by atoms with Crippen molar-refractivity contribution in [1.29, 1.82) is 0 Å². The highest BCUT2D eigenvalue weighted by Crippen LogP contribution is 2.33. The van der Waals surface area contributed by atoms with Crippen LogP contribution in [0.2, 0.25) is 0 Å². The number of oxime groups is 1. The second kappa shape index (κ2) is 10.4. The van der Waals surface area contributed by atoms with Gasteiger partial charge in [-0.1, -0.05) is 28.6 Å². The highest BCUT2D eigenvalue weighted by Gasteiger charge is 2.36. The van der Waals surface area contributed by atoms with Gasteiger partial charge >= 0.3 is 5.97 Å². The molecule has 0 bridgehead atoms. The number of thiazole rings is 1. The number of carbonyl (C=O) groups is 2. The third-order valence-electron chi connectivity index (χ3n) is 5.61. The molecule has 0 radical (unpaired) electrons. The number of amides is 1. The summed E-state index contributed by atoms with van der Waals surface area (Å²) in [6, 6.07) is 9.05. The Morgan fingerprint density at radius 3 is 2.59 bits per heavy atom. The van der Waals surface area contributed by atoms with Gasteiger partial charge in [0.2, 0.25) is 5.88 Å². The summed E-state index contributed by atoms with van der Waals surface area (Å²) in [6.45, 7) is 0.354. The van der Waals surface area contributed by atoms with Crippen molar-refractivity contribution in [2.45, 2.75) is 35.5 Å². The van der Waals surface area contributed by atoms with Crippen LogP contribution >= 0.6 is 11.3 Å². The summed E-state index contributed by atoms with van der Waals surface area (Å²) in [6.07, 6.45) is 1.64. The summed E-state index contributed by atoms with van der Waals surface area (Å²) in [5.74, 6) is -1.62. The van der Waals surface area contributed by atoms with Crippen LogP contribution in [0.3, 0.4) is 0 Å². The summed E-state index contributed by atoms with van der Waals surface area (Å²) < 4.78 is 35.4. The molecule has 5 rings (SSSR count). The number of aromatic nitrogens is 2. The van der Waals surface area contributed by atoms with Crippen LogP contribution in [0.1, 0.15) is 24.8 Å². The predicted octanol–water partition coefficient (Wildman–Crippen LogP) is 2.24. The van der Waals surface area contributed by atoms with Crippen molar-refractivity contribution in [3.05, 3.63) is 42.0 Å². The molecule has 3 aromatic rings. The third kappa shape index (κ3) is 5.87. The predicted molar refractivity (Wildman–Crippen MR) is 133 cm³/mol. The fourth-order valence-electron chi connectivity index (χ4n) is 3.55. The van der Waals surface area contributed by atoms with E-state index >= 15 is 0 Å². The second-order valence-corrected chi connectivity index (χ2v) is 11.6. The van der Waals surface area contributed by atoms with Crippen molar-refractivity contribution < 1.29 is 37.4 Å². The van der Waals surface area contributed by atoms with Gasteiger partial charge in [0.25, 0.3) is 5.91 Å². The van der Waals surface area contributed by atoms with Gasteiger partial charge in [0.1, 0.15) is 10.3 Å². The Morgan fingerprint density at radius 1 is 1.14 bits per heavy atom. The fourth-order valence-corrected chi connectivity index (χ4v) is 6.03. The lowest BCUT2D eigenvalue weighted by molar-refractivity contribution is -0.139. The van der Waals surface area contributed by atoms with Crippen molar-refractivity contribution >= 4 is 54.2 Å². The van der Waals surface area contributed by atoms with Crippen molar-refractivity contribution in [3.63, 3.8) is 0 Å². The number of sulfone groups is 1. The SMILES string of the molecule is O=C(O)COc1ccc2nc(NC(=O)/C(=N/O[C@@H]3CCOC3)c3ccc(S(=O)(=O)C4CC4)cc3)sc2n1. The molecular formula is C23H22N4O8S2. The molecule has 1 amide bonds. The molecule has 1 aromatic carbocycles. The van der Waals surface area contributed by atoms with Crippen molar-refractivity contribution in [3.8, 4) is 5.88 Å². The van der Waals surface area contributed by atoms with Crippen LogP contribution in [-0.4, -0.2) is 72.3 Å². The van der Waals surface area contributed by atoms with Gasteiger partial charge in [-0.15, -0.1) is 0 Å². The summed E-state index contributed by atoms with van der Waals surface area (Å²) in [4.78, 5) is 38.6. The maximum absolute atomic E-state index is 13.2. The van der Waals surface area contributed by atoms with Crippen LogP contribution in [0.4, 0.5) is 5.13 Å². The van der Waals surface area contributed by atoms with Crippen LogP contribution in [0, 0.1) is 0 Å². The zero-order valence-corrected chi connectivity index (χ0v) is 21.0. The second-order valence-electron chi connectivity index (χ2n) is 8.43. The number of carbonyl (C=O) groups excluding carboxylic acids is 1. The first-order chi connectivity index (χ1) is 17.8. The van der Waals surface area contributed by atoms with E-state index < -0.39 is 28.3 Å². The first-order valence-corrected chi connectivity index (χ1v) is 13.8. The van der Waals surface area contributed by atoms with Crippen LogP contribution in [0.15, 0.2) is 46.4 Å². The number of pyridine rings is 1. The topological polar surface area (TPSA) is 166 Å². The lowest BCUT2D eigenvalue weighted by Gasteiger charge is -2.10. The zero-order chi connectivity index (χ0) is 26.0. The van der Waals surface area contributed by atoms with Crippen LogP contribution in [0.5, 0.6) is 5.88 Å². The van der Waals surface area contributed by atoms with Crippen LogP contribution in [0.25, 0.3) is 10.3 Å². The Morgan fingerprint density at radius 2 is 1.92 bits per heavy atom. The molecule has 0 unspecified atom stereocenters. The molecule has 3 heterocycles. The average molecular weight is 547 g/mol. The molecule has 194 valence electrons. The summed E-state index contributed by atoms with van der Waals surface area (Å²) in [5.41, 5.74) is 0.796. The van der Waals surface area contributed by atoms with Gasteiger partial charge < -0.3 is 19.4 Å². The Balaban J connectivity index is 1.37. The van der Waals surface area contributed by atoms with E-state index in [0.717, 1.165) is 11.3 Å². The number of hydrogen-bond acceptors (Lipinski definition) is 11. The van der Waals surface area contributed by atoms with Gasteiger partial charge in [0, 0.05) is 18.1 Å². The number of rotatable bonds is 10. The Labute approximate surface area is 215 Å². The minimum absolute atomic E-state index is 0.0556. The van der Waals surface area contributed by atoms with E-state index in [1.807, 2.05) is 0 Å². The molecule has 1 aliphatic heterocycles. The van der Waals surface area contributed by atoms with Gasteiger partial charge in [0.15, 0.2) is 33.4 Å². The van der Waals surface area contributed by atoms with Gasteiger partial charge in [-0.05, 0) is 31.0 Å². The zero-order valence-electron chi connectivity index (χ0n) is 19.3. The molecule has 2 fully saturated rings. The first kappa shape index (κ1) is 25.0. The third-order valence-corrected chi connectivity index (χ3v) is 8.77. The summed E-state index contributed by atoms with van der Waals surface area (Å²) >= 11 is 1.07. The van der Waals surface area contributed by atoms with Gasteiger partial charge in [-0.2, -0.15) is 0 Å². The number of carboxylic acids is 1. The van der Waals surface area contributed by atoms with Crippen molar-refractivity contribution in [1.82, 2.24) is 9.97 Å². The number of nitrogens with zero attached hydrogens (tertiary/aromatic N) is 3. The largest absolute Gasteiger partial charge is 0.479 e. The summed E-state index contributed by atoms with van der Waals surface area (Å²) in [5, 5.41) is 15.4. The Bertz CT molecular complexity index is 1460. The fraction of sp³-hybridized carbons (Fsp3) is 0.348. The van der Waals surface area contributed by atoms with E-state index in [-0.39, 0.29) is 33.0 Å². The van der Waals surface area contributed by atoms with E-state index in [9.17, 15) is 18.0 Å². The number of nitrogens with one attached hydrogen (secondary N) is 1. The number of hydrogen-bond donors (Lipinski definition) is 2. The average Bonchev–Trinajstić information content (AvgIpc) is 3.48. The number of ether oxygens (including phenoxy) is 2. The maximum Gasteiger partial charge on any atom is 0.341 e. The minimum Gasteiger partial charge on any atom is -0.479 e. The standard InChI is InChI=1S/C23H22N4O8S2/c28-19(29)12-34-18-8-7-17-22(25-18)36-23(24-17)26-21(30)20(27-35-14-9-10-33-11-14)13-1-3-15(4-2-13)37(31,32)16-5-6-16/h1-4,7-8,14,16H,5-6,9-12H2,(H,28,29)(H,24,26,30)/b27-20+/t14-/m1/s1. The number of anilines is 1. The van der Waals surface area contributed by atoms with E-state index in [4.69, 9.17) is 19.4 Å². The number of aliphatic carboxylic acids is 1. The normalized spacial score (nSPS) is 18.1. The lowest BCUT2D eigenvalue weighted by atomic mass is 10.1. The smallest absolute Gasteiger partial charge is 0.341 e. The van der Waals surface area contributed by atoms with E-state index in [2.05, 4.69) is 20.4 Å². The molecule has 0 spiro atoms. The molecular weight excluding hydrogens is 524 g/mol. The lowest BCUT2D eigenvalue weighted by Crippen LogP contribution is -2.25. The van der Waals surface area contributed by atoms with E-state index in [0.29, 0.717) is 48.4 Å². The molecule has 1 saturated heterocycles. The molecule has 14 heteroatoms. The first-order valence-electron chi connectivity index (χ1n) is 11.4. The highest BCUT2D eigenvalue weighted by atomic mass is 32.2. The van der Waals surface area contributed by atoms with Gasteiger partial charge in [0.05, 0.1) is 23.4 Å². The molecule has 1 aliphatic carbocycles. The van der Waals surface area contributed by atoms with Crippen molar-refractivity contribution in [2.75, 3.05) is 25.1 Å². The molecule has 1 saturated carbocycles. The monoisotopic (exact) mass is 546 g/mol. The van der Waals surface area contributed by atoms with Crippen LogP contribution in [-0.2, 0) is 29.0 Å². The maximum atomic E-state index is 13.2. The van der Waals surface area contributed by atoms with Crippen molar-refractivity contribution in [2.24, 2.45) is 5.16 Å². The van der Waals surface area contributed by atoms with E-state index in [1.165, 1.54) is 30.3 Å². The minimum atomic E-state index is -3.38. The molecule has 12 nitrogen and oxygen atoms in total. The highest BCUT2D eigenvalue weighted by molar-refractivity contribution is 7.92. The molecule has 2 aliphatic rings. The number of benzene rings is 1. The molecule has 1 atom stereocenters. The Hall–Kier alpha value is -3.62. The van der Waals surface area contributed by atoms with Gasteiger partial charge in [-0.3, -0.25) is 10.1 Å². The molecule has 2 N–H and O–H groups in total. The molecule has 2 aromatic heterocycles. The van der Waals surface area contributed by atoms with Gasteiger partial charge in [-0.25, -0.2) is 23.2 Å².